The Morgan fingerprint density at radius 3 is 2.21 bits per heavy atom. The predicted octanol–water partition coefficient (Wildman–Crippen LogP) is 5.92. The maximum Gasteiger partial charge on any atom is 0.423 e. The molecule has 0 unspecified atom stereocenters. The van der Waals surface area contributed by atoms with Crippen LogP contribution in [0.15, 0.2) is 54.6 Å². The summed E-state index contributed by atoms with van der Waals surface area (Å²) in [6, 6.07) is 2.86. The number of allylic oxidation sites excluding steroid dienone is 2. The Bertz CT molecular complexity index is 1180. The zero-order valence-corrected chi connectivity index (χ0v) is 23.5. The Morgan fingerprint density at radius 1 is 1.02 bits per heavy atom. The number of amides is 1. The summed E-state index contributed by atoms with van der Waals surface area (Å²) in [4.78, 5) is 26.3. The van der Waals surface area contributed by atoms with Crippen molar-refractivity contribution in [1.29, 1.82) is 0 Å². The Labute approximate surface area is 243 Å². The normalized spacial score (nSPS) is 22.5. The first-order chi connectivity index (χ1) is 20.1. The molecule has 1 saturated heterocycles. The van der Waals surface area contributed by atoms with Crippen LogP contribution in [0.5, 0.6) is 0 Å². The third kappa shape index (κ3) is 8.10. The summed E-state index contributed by atoms with van der Waals surface area (Å²) in [6.07, 6.45) is 6.38. The average Bonchev–Trinajstić information content (AvgIpc) is 3.48. The first-order valence-electron chi connectivity index (χ1n) is 14.3. The van der Waals surface area contributed by atoms with E-state index in [2.05, 4.69) is 16.8 Å². The van der Waals surface area contributed by atoms with Gasteiger partial charge in [-0.3, -0.25) is 10.1 Å². The van der Waals surface area contributed by atoms with Gasteiger partial charge in [0.2, 0.25) is 0 Å². The second kappa shape index (κ2) is 13.8. The molecule has 0 spiro atoms. The number of rotatable bonds is 9. The number of benzene rings is 1. The molecule has 0 radical (unpaired) electrons. The van der Waals surface area contributed by atoms with Crippen molar-refractivity contribution in [3.8, 4) is 0 Å². The first kappa shape index (κ1) is 31.0. The summed E-state index contributed by atoms with van der Waals surface area (Å²) >= 11 is 0. The zero-order valence-electron chi connectivity index (χ0n) is 23.5. The van der Waals surface area contributed by atoms with Crippen LogP contribution >= 0.6 is 0 Å². The Kier molecular flexibility index (Phi) is 10.2. The van der Waals surface area contributed by atoms with E-state index >= 15 is 0 Å². The molecule has 2 saturated carbocycles. The number of nitrogens with two attached hydrogens (primary N) is 1. The van der Waals surface area contributed by atoms with Crippen molar-refractivity contribution in [3.63, 3.8) is 0 Å². The molecule has 0 aromatic heterocycles. The van der Waals surface area contributed by atoms with E-state index in [-0.39, 0.29) is 30.0 Å². The van der Waals surface area contributed by atoms with E-state index < -0.39 is 22.4 Å². The summed E-state index contributed by atoms with van der Waals surface area (Å²) in [5, 5.41) is 14.1. The van der Waals surface area contributed by atoms with Crippen molar-refractivity contribution in [3.05, 3.63) is 70.3 Å². The van der Waals surface area contributed by atoms with Crippen LogP contribution in [0.3, 0.4) is 0 Å². The Hall–Kier alpha value is -3.90. The molecule has 0 atom stereocenters. The van der Waals surface area contributed by atoms with Gasteiger partial charge in [-0.1, -0.05) is 6.58 Å². The highest BCUT2D eigenvalue weighted by atomic mass is 19.4. The molecule has 1 aromatic carbocycles. The molecule has 3 fully saturated rings. The number of nitro groups is 1. The molecule has 3 N–H and O–H groups in total. The fourth-order valence-corrected chi connectivity index (χ4v) is 5.68. The van der Waals surface area contributed by atoms with E-state index in [1.165, 1.54) is 12.3 Å². The van der Waals surface area contributed by atoms with Crippen molar-refractivity contribution >= 4 is 17.5 Å². The number of piperazine rings is 1. The fourth-order valence-electron chi connectivity index (χ4n) is 5.68. The van der Waals surface area contributed by atoms with Crippen LogP contribution in [0.1, 0.15) is 56.9 Å². The largest absolute Gasteiger partial charge is 0.489 e. The molecule has 1 aromatic rings. The van der Waals surface area contributed by atoms with Crippen LogP contribution in [-0.4, -0.2) is 65.2 Å². The van der Waals surface area contributed by atoms with Gasteiger partial charge in [0.1, 0.15) is 17.4 Å². The Morgan fingerprint density at radius 2 is 1.64 bits per heavy atom. The average molecular weight is 594 g/mol. The lowest BCUT2D eigenvalue weighted by Gasteiger charge is -2.36. The van der Waals surface area contributed by atoms with Crippen LogP contribution in [0.25, 0.3) is 0 Å². The van der Waals surface area contributed by atoms with Crippen molar-refractivity contribution in [2.75, 3.05) is 31.5 Å². The fraction of sp³-hybridized carbons (Fsp3) is 0.552. The quantitative estimate of drug-likeness (QED) is 0.157. The van der Waals surface area contributed by atoms with Crippen LogP contribution in [0.4, 0.5) is 29.3 Å². The van der Waals surface area contributed by atoms with E-state index in [0.29, 0.717) is 57.6 Å². The van der Waals surface area contributed by atoms with Crippen LogP contribution in [0, 0.1) is 10.1 Å². The molecule has 42 heavy (non-hydrogen) atoms. The maximum absolute atomic E-state index is 13.3. The maximum atomic E-state index is 13.3. The third-order valence-electron chi connectivity index (χ3n) is 7.98. The smallest absolute Gasteiger partial charge is 0.423 e. The molecular weight excluding hydrogens is 555 g/mol. The minimum Gasteiger partial charge on any atom is -0.489 e. The molecule has 2 aliphatic carbocycles. The molecule has 13 heteroatoms. The topological polar surface area (TPSA) is 123 Å². The molecular formula is C29H38F3N5O5. The number of halogens is 3. The van der Waals surface area contributed by atoms with Gasteiger partial charge in [-0.2, -0.15) is 13.2 Å². The number of carbonyl (C=O) groups excluding carboxylic acids is 1. The molecule has 1 heterocycles. The summed E-state index contributed by atoms with van der Waals surface area (Å²) in [6.45, 7) is 6.23. The molecule has 0 bridgehead atoms. The monoisotopic (exact) mass is 593 g/mol. The van der Waals surface area contributed by atoms with Crippen molar-refractivity contribution < 1.29 is 32.4 Å². The number of hydrogen-bond donors (Lipinski definition) is 2. The van der Waals surface area contributed by atoms with E-state index in [1.807, 2.05) is 6.08 Å². The first-order valence-corrected chi connectivity index (χ1v) is 14.3. The lowest BCUT2D eigenvalue weighted by atomic mass is 9.92. The highest BCUT2D eigenvalue weighted by Gasteiger charge is 2.38. The van der Waals surface area contributed by atoms with Gasteiger partial charge in [-0.15, -0.1) is 0 Å². The number of anilines is 1. The van der Waals surface area contributed by atoms with E-state index in [0.717, 1.165) is 43.5 Å². The summed E-state index contributed by atoms with van der Waals surface area (Å²) < 4.78 is 51.8. The van der Waals surface area contributed by atoms with Gasteiger partial charge in [-0.05, 0) is 69.6 Å². The van der Waals surface area contributed by atoms with Crippen LogP contribution in [0.2, 0.25) is 0 Å². The highest BCUT2D eigenvalue weighted by Crippen LogP contribution is 2.38. The van der Waals surface area contributed by atoms with Crippen molar-refractivity contribution in [2.24, 2.45) is 5.73 Å². The molecule has 1 aliphatic heterocycles. The number of hydrogen-bond acceptors (Lipinski definition) is 8. The van der Waals surface area contributed by atoms with Crippen molar-refractivity contribution in [2.45, 2.75) is 75.8 Å². The van der Waals surface area contributed by atoms with Crippen LogP contribution < -0.4 is 11.1 Å². The lowest BCUT2D eigenvalue weighted by molar-refractivity contribution is -0.388. The van der Waals surface area contributed by atoms with Gasteiger partial charge in [0, 0.05) is 61.9 Å². The summed E-state index contributed by atoms with van der Waals surface area (Å²) in [5.74, 6) is 0.481. The van der Waals surface area contributed by atoms with E-state index in [9.17, 15) is 28.1 Å². The van der Waals surface area contributed by atoms with Crippen LogP contribution in [-0.2, 0) is 15.7 Å². The Balaban J connectivity index is 1.26. The standard InChI is InChI=1S/C29H38F3N5O5/c1-2-22(35-13-15-36(16-14-35)28(38)42-23-5-3-4-6-23)18-25(19-33)41-24-10-7-20(8-11-24)34-21-9-12-27(37(39)40)26(17-21)29(30,31)32/h2,9,12,17-20,23-24,34H,1,3-8,10-11,13-16,33H2/b22-18+,25-19+/t20-,24-. The van der Waals surface area contributed by atoms with E-state index in [1.54, 1.807) is 11.0 Å². The molecule has 3 aliphatic rings. The SMILES string of the molecule is C=C/C(=C\C(=C/N)O[C@H]1CC[C@H](Nc2ccc([N+](=O)[O-])c(C(F)(F)F)c2)CC1)N1CCN(C(=O)OC2CCCC2)CC1. The number of nitro benzene ring substituents is 1. The van der Waals surface area contributed by atoms with Gasteiger partial charge < -0.3 is 30.3 Å². The summed E-state index contributed by atoms with van der Waals surface area (Å²) in [7, 11) is 0. The van der Waals surface area contributed by atoms with Gasteiger partial charge in [-0.25, -0.2) is 4.79 Å². The second-order valence-electron chi connectivity index (χ2n) is 10.8. The predicted molar refractivity (Wildman–Crippen MR) is 151 cm³/mol. The zero-order chi connectivity index (χ0) is 30.3. The van der Waals surface area contributed by atoms with Gasteiger partial charge in [0.05, 0.1) is 11.0 Å². The number of nitrogens with zero attached hydrogens (tertiary/aromatic N) is 3. The third-order valence-corrected chi connectivity index (χ3v) is 7.98. The highest BCUT2D eigenvalue weighted by molar-refractivity contribution is 5.68. The second-order valence-corrected chi connectivity index (χ2v) is 10.8. The molecule has 10 nitrogen and oxygen atoms in total. The van der Waals surface area contributed by atoms with E-state index in [4.69, 9.17) is 15.2 Å². The number of alkyl halides is 3. The minimum atomic E-state index is -4.83. The van der Waals surface area contributed by atoms with Gasteiger partial charge >= 0.3 is 12.3 Å². The minimum absolute atomic E-state index is 0.0315. The molecule has 4 rings (SSSR count). The van der Waals surface area contributed by atoms with Gasteiger partial charge in [0.15, 0.2) is 0 Å². The lowest BCUT2D eigenvalue weighted by Crippen LogP contribution is -2.48. The summed E-state index contributed by atoms with van der Waals surface area (Å²) in [5.41, 5.74) is 4.63. The molecule has 230 valence electrons. The number of nitrogens with one attached hydrogen (secondary N) is 1. The molecule has 1 amide bonds. The number of carbonyl (C=O) groups is 1. The van der Waals surface area contributed by atoms with Gasteiger partial charge in [0.25, 0.3) is 5.69 Å². The number of ether oxygens (including phenoxy) is 2. The van der Waals surface area contributed by atoms with Crippen molar-refractivity contribution in [1.82, 2.24) is 9.80 Å².